The highest BCUT2D eigenvalue weighted by atomic mass is 19.1. The van der Waals surface area contributed by atoms with Crippen LogP contribution < -0.4 is 15.8 Å². The van der Waals surface area contributed by atoms with Crippen molar-refractivity contribution < 1.29 is 18.8 Å². The number of nitro groups is 1. The molecule has 0 saturated carbocycles. The van der Waals surface area contributed by atoms with Crippen LogP contribution in [0, 0.1) is 15.9 Å². The first-order valence-electron chi connectivity index (χ1n) is 7.32. The van der Waals surface area contributed by atoms with Crippen molar-refractivity contribution in [2.75, 3.05) is 12.4 Å². The first-order chi connectivity index (χ1) is 12.4. The van der Waals surface area contributed by atoms with Crippen molar-refractivity contribution in [2.24, 2.45) is 10.7 Å². The zero-order valence-electron chi connectivity index (χ0n) is 13.7. The lowest BCUT2D eigenvalue weighted by molar-refractivity contribution is -0.384. The lowest BCUT2D eigenvalue weighted by Crippen LogP contribution is -2.17. The monoisotopic (exact) mass is 358 g/mol. The number of non-ortho nitro benzene ring substituents is 1. The number of nitrogens with zero attached hydrogens (tertiary/aromatic N) is 2. The van der Waals surface area contributed by atoms with E-state index in [0.717, 1.165) is 6.07 Å². The van der Waals surface area contributed by atoms with Crippen LogP contribution in [0.2, 0.25) is 0 Å². The molecule has 0 heterocycles. The third-order valence-electron chi connectivity index (χ3n) is 3.23. The summed E-state index contributed by atoms with van der Waals surface area (Å²) >= 11 is 0. The molecule has 0 aliphatic carbocycles. The number of aliphatic imine (C=N–C) groups is 1. The van der Waals surface area contributed by atoms with E-state index in [1.54, 1.807) is 0 Å². The maximum absolute atomic E-state index is 14.2. The molecule has 2 aromatic carbocycles. The molecule has 0 spiro atoms. The van der Waals surface area contributed by atoms with Crippen LogP contribution in [0.15, 0.2) is 53.7 Å². The molecule has 0 aromatic heterocycles. The molecule has 0 atom stereocenters. The van der Waals surface area contributed by atoms with E-state index in [1.165, 1.54) is 55.9 Å². The molecule has 2 aromatic rings. The lowest BCUT2D eigenvalue weighted by Gasteiger charge is -2.09. The Kier molecular flexibility index (Phi) is 5.99. The predicted octanol–water partition coefficient (Wildman–Crippen LogP) is 3.35. The normalized spacial score (nSPS) is 11.4. The van der Waals surface area contributed by atoms with Crippen LogP contribution in [0.25, 0.3) is 5.57 Å². The van der Waals surface area contributed by atoms with Crippen molar-refractivity contribution in [3.05, 3.63) is 70.2 Å². The summed E-state index contributed by atoms with van der Waals surface area (Å²) in [6, 6.07) is 8.99. The van der Waals surface area contributed by atoms with E-state index in [1.807, 2.05) is 0 Å². The summed E-state index contributed by atoms with van der Waals surface area (Å²) in [4.78, 5) is 25.6. The Morgan fingerprint density at radius 3 is 2.54 bits per heavy atom. The van der Waals surface area contributed by atoms with Gasteiger partial charge in [-0.1, -0.05) is 0 Å². The Labute approximate surface area is 148 Å². The zero-order chi connectivity index (χ0) is 19.1. The third kappa shape index (κ3) is 4.63. The van der Waals surface area contributed by atoms with Crippen molar-refractivity contribution >= 4 is 29.3 Å². The summed E-state index contributed by atoms with van der Waals surface area (Å²) < 4.78 is 19.2. The number of nitrogens with one attached hydrogen (secondary N) is 1. The van der Waals surface area contributed by atoms with E-state index in [4.69, 9.17) is 10.5 Å². The van der Waals surface area contributed by atoms with Crippen molar-refractivity contribution in [2.45, 2.75) is 0 Å². The van der Waals surface area contributed by atoms with Crippen molar-refractivity contribution in [3.63, 3.8) is 0 Å². The number of hydrogen-bond acceptors (Lipinski definition) is 6. The standard InChI is InChI=1S/C17H15FN4O4/c1-20-10-11(9-19)15-7-2-12(8-16(15)18)21-17(23)26-14-5-3-13(4-6-14)22(24)25/h2-10H,19H2,1H3,(H,21,23)/b11-9+,20-10?. The minimum absolute atomic E-state index is 0.109. The topological polar surface area (TPSA) is 120 Å². The maximum atomic E-state index is 14.2. The Hall–Kier alpha value is -3.75. The zero-order valence-corrected chi connectivity index (χ0v) is 13.7. The summed E-state index contributed by atoms with van der Waals surface area (Å²) in [6.45, 7) is 0. The van der Waals surface area contributed by atoms with E-state index in [-0.39, 0.29) is 22.7 Å². The number of rotatable bonds is 5. The molecule has 9 heteroatoms. The number of benzene rings is 2. The largest absolute Gasteiger partial charge is 0.417 e. The second-order valence-corrected chi connectivity index (χ2v) is 4.97. The summed E-state index contributed by atoms with van der Waals surface area (Å²) in [7, 11) is 1.53. The predicted molar refractivity (Wildman–Crippen MR) is 95.7 cm³/mol. The molecule has 8 nitrogen and oxygen atoms in total. The molecule has 2 rings (SSSR count). The van der Waals surface area contributed by atoms with E-state index >= 15 is 0 Å². The maximum Gasteiger partial charge on any atom is 0.417 e. The molecule has 0 fully saturated rings. The number of anilines is 1. The molecule has 26 heavy (non-hydrogen) atoms. The summed E-state index contributed by atoms with van der Waals surface area (Å²) in [5.74, 6) is -0.493. The number of halogens is 1. The molecule has 0 aliphatic heterocycles. The van der Waals surface area contributed by atoms with Gasteiger partial charge in [0, 0.05) is 48.4 Å². The van der Waals surface area contributed by atoms with Crippen LogP contribution in [-0.2, 0) is 0 Å². The van der Waals surface area contributed by atoms with Gasteiger partial charge in [0.1, 0.15) is 11.6 Å². The number of carbonyl (C=O) groups is 1. The summed E-state index contributed by atoms with van der Waals surface area (Å²) in [6.07, 6.45) is 1.77. The second kappa shape index (κ2) is 8.38. The Morgan fingerprint density at radius 2 is 2.00 bits per heavy atom. The number of nitro benzene ring substituents is 1. The molecule has 0 unspecified atom stereocenters. The quantitative estimate of drug-likeness (QED) is 0.482. The molecule has 0 radical (unpaired) electrons. The Bertz CT molecular complexity index is 879. The average Bonchev–Trinajstić information content (AvgIpc) is 2.60. The van der Waals surface area contributed by atoms with Crippen molar-refractivity contribution in [1.82, 2.24) is 0 Å². The van der Waals surface area contributed by atoms with Crippen LogP contribution in [0.5, 0.6) is 5.75 Å². The van der Waals surface area contributed by atoms with E-state index in [0.29, 0.717) is 5.57 Å². The van der Waals surface area contributed by atoms with Gasteiger partial charge in [0.05, 0.1) is 4.92 Å². The number of allylic oxidation sites excluding steroid dienone is 1. The van der Waals surface area contributed by atoms with Gasteiger partial charge in [-0.2, -0.15) is 0 Å². The molecule has 134 valence electrons. The number of amides is 1. The fraction of sp³-hybridized carbons (Fsp3) is 0.0588. The number of hydrogen-bond donors (Lipinski definition) is 2. The highest BCUT2D eigenvalue weighted by molar-refractivity contribution is 6.09. The highest BCUT2D eigenvalue weighted by Gasteiger charge is 2.11. The Balaban J connectivity index is 2.07. The number of nitrogens with two attached hydrogens (primary N) is 1. The molecule has 0 saturated heterocycles. The molecule has 0 bridgehead atoms. The molecule has 0 aliphatic rings. The van der Waals surface area contributed by atoms with E-state index in [2.05, 4.69) is 10.3 Å². The average molecular weight is 358 g/mol. The Morgan fingerprint density at radius 1 is 1.31 bits per heavy atom. The third-order valence-corrected chi connectivity index (χ3v) is 3.23. The van der Waals surface area contributed by atoms with Crippen LogP contribution in [-0.4, -0.2) is 24.3 Å². The number of ether oxygens (including phenoxy) is 1. The lowest BCUT2D eigenvalue weighted by atomic mass is 10.1. The first-order valence-corrected chi connectivity index (χ1v) is 7.32. The summed E-state index contributed by atoms with van der Waals surface area (Å²) in [5.41, 5.74) is 6.10. The van der Waals surface area contributed by atoms with Crippen LogP contribution in [0.3, 0.4) is 0 Å². The van der Waals surface area contributed by atoms with Crippen LogP contribution in [0.1, 0.15) is 5.56 Å². The SMILES string of the molecule is CN=C/C(=C\N)c1ccc(NC(=O)Oc2ccc([N+](=O)[O-])cc2)cc1F. The van der Waals surface area contributed by atoms with Gasteiger partial charge >= 0.3 is 6.09 Å². The van der Waals surface area contributed by atoms with Gasteiger partial charge in [0.15, 0.2) is 0 Å². The van der Waals surface area contributed by atoms with Gasteiger partial charge in [-0.05, 0) is 30.3 Å². The van der Waals surface area contributed by atoms with Gasteiger partial charge in [0.2, 0.25) is 0 Å². The van der Waals surface area contributed by atoms with Crippen molar-refractivity contribution in [1.29, 1.82) is 0 Å². The molecular weight excluding hydrogens is 343 g/mol. The summed E-state index contributed by atoms with van der Waals surface area (Å²) in [5, 5.41) is 12.9. The number of carbonyl (C=O) groups excluding carboxylic acids is 1. The smallest absolute Gasteiger partial charge is 0.410 e. The highest BCUT2D eigenvalue weighted by Crippen LogP contribution is 2.21. The van der Waals surface area contributed by atoms with Gasteiger partial charge in [0.25, 0.3) is 5.69 Å². The van der Waals surface area contributed by atoms with E-state index < -0.39 is 16.8 Å². The minimum Gasteiger partial charge on any atom is -0.410 e. The first kappa shape index (κ1) is 18.6. The molecule has 1 amide bonds. The van der Waals surface area contributed by atoms with E-state index in [9.17, 15) is 19.3 Å². The fourth-order valence-electron chi connectivity index (χ4n) is 2.05. The second-order valence-electron chi connectivity index (χ2n) is 4.97. The van der Waals surface area contributed by atoms with Crippen LogP contribution >= 0.6 is 0 Å². The van der Waals surface area contributed by atoms with Crippen LogP contribution in [0.4, 0.5) is 20.6 Å². The van der Waals surface area contributed by atoms with Crippen molar-refractivity contribution in [3.8, 4) is 5.75 Å². The molecule has 3 N–H and O–H groups in total. The fourth-order valence-corrected chi connectivity index (χ4v) is 2.05. The van der Waals surface area contributed by atoms with Gasteiger partial charge < -0.3 is 10.5 Å². The molecular formula is C17H15FN4O4. The van der Waals surface area contributed by atoms with Gasteiger partial charge in [-0.15, -0.1) is 0 Å². The van der Waals surface area contributed by atoms with Gasteiger partial charge in [-0.25, -0.2) is 9.18 Å². The van der Waals surface area contributed by atoms with Gasteiger partial charge in [-0.3, -0.25) is 20.4 Å². The minimum atomic E-state index is -0.865.